The Bertz CT molecular complexity index is 1070. The molecule has 0 amide bonds. The molecule has 0 saturated heterocycles. The van der Waals surface area contributed by atoms with Crippen LogP contribution in [0.2, 0.25) is 0 Å². The summed E-state index contributed by atoms with van der Waals surface area (Å²) >= 11 is 1.45. The number of carbonyl (C=O) groups is 1. The lowest BCUT2D eigenvalue weighted by atomic mass is 10.1. The summed E-state index contributed by atoms with van der Waals surface area (Å²) in [6, 6.07) is 9.23. The van der Waals surface area contributed by atoms with E-state index >= 15 is 0 Å². The van der Waals surface area contributed by atoms with E-state index in [9.17, 15) is 14.9 Å². The SMILES string of the molecule is Cc1cnc(Nc2cc(C(=O)OC(C)(C)C)cc(-c3cccc([N+](=O)[O-])c3)n2)s1. The molecule has 0 saturated carbocycles. The summed E-state index contributed by atoms with van der Waals surface area (Å²) in [5.74, 6) is -0.117. The highest BCUT2D eigenvalue weighted by Crippen LogP contribution is 2.28. The monoisotopic (exact) mass is 412 g/mol. The number of thiazole rings is 1. The van der Waals surface area contributed by atoms with Crippen molar-refractivity contribution < 1.29 is 14.5 Å². The largest absolute Gasteiger partial charge is 0.456 e. The molecule has 8 nitrogen and oxygen atoms in total. The van der Waals surface area contributed by atoms with Gasteiger partial charge >= 0.3 is 5.97 Å². The molecule has 1 N–H and O–H groups in total. The van der Waals surface area contributed by atoms with E-state index in [0.29, 0.717) is 22.2 Å². The van der Waals surface area contributed by atoms with Gasteiger partial charge in [0.1, 0.15) is 11.4 Å². The van der Waals surface area contributed by atoms with Crippen molar-refractivity contribution in [2.75, 3.05) is 5.32 Å². The molecule has 0 aliphatic rings. The van der Waals surface area contributed by atoms with Gasteiger partial charge in [-0.3, -0.25) is 10.1 Å². The first-order valence-corrected chi connectivity index (χ1v) is 9.62. The first-order valence-electron chi connectivity index (χ1n) is 8.80. The molecule has 3 rings (SSSR count). The normalized spacial score (nSPS) is 11.2. The highest BCUT2D eigenvalue weighted by atomic mass is 32.1. The second-order valence-corrected chi connectivity index (χ2v) is 8.57. The molecule has 0 aliphatic heterocycles. The van der Waals surface area contributed by atoms with E-state index in [1.54, 1.807) is 51.2 Å². The third kappa shape index (κ3) is 5.35. The quantitative estimate of drug-likeness (QED) is 0.352. The lowest BCUT2D eigenvalue weighted by Gasteiger charge is -2.20. The van der Waals surface area contributed by atoms with Gasteiger partial charge in [-0.15, -0.1) is 11.3 Å². The summed E-state index contributed by atoms with van der Waals surface area (Å²) in [6.07, 6.45) is 1.73. The van der Waals surface area contributed by atoms with Crippen LogP contribution in [-0.4, -0.2) is 26.5 Å². The Morgan fingerprint density at radius 1 is 1.24 bits per heavy atom. The van der Waals surface area contributed by atoms with Crippen molar-refractivity contribution in [2.45, 2.75) is 33.3 Å². The Morgan fingerprint density at radius 3 is 2.62 bits per heavy atom. The zero-order chi connectivity index (χ0) is 21.2. The Labute approximate surface area is 171 Å². The number of nitrogens with zero attached hydrogens (tertiary/aromatic N) is 3. The molecule has 0 aliphatic carbocycles. The standard InChI is InChI=1S/C20H20N4O4S/c1-12-11-21-19(29-12)23-17-10-14(18(25)28-20(2,3)4)9-16(22-17)13-6-5-7-15(8-13)24(26)27/h5-11H,1-4H3,(H,21,22,23). The van der Waals surface area contributed by atoms with Gasteiger partial charge in [0.15, 0.2) is 5.13 Å². The van der Waals surface area contributed by atoms with Gasteiger partial charge in [-0.1, -0.05) is 12.1 Å². The van der Waals surface area contributed by atoms with Crippen LogP contribution in [0.4, 0.5) is 16.6 Å². The molecular formula is C20H20N4O4S. The number of aromatic nitrogens is 2. The van der Waals surface area contributed by atoms with Crippen molar-refractivity contribution in [1.82, 2.24) is 9.97 Å². The predicted octanol–water partition coefficient (Wildman–Crippen LogP) is 5.12. The van der Waals surface area contributed by atoms with Gasteiger partial charge in [-0.25, -0.2) is 14.8 Å². The van der Waals surface area contributed by atoms with Gasteiger partial charge in [-0.05, 0) is 39.8 Å². The maximum absolute atomic E-state index is 12.6. The molecule has 1 aromatic carbocycles. The molecule has 0 unspecified atom stereocenters. The first kappa shape index (κ1) is 20.4. The highest BCUT2D eigenvalue weighted by molar-refractivity contribution is 7.15. The number of hydrogen-bond acceptors (Lipinski definition) is 8. The lowest BCUT2D eigenvalue weighted by molar-refractivity contribution is -0.384. The molecule has 3 aromatic rings. The van der Waals surface area contributed by atoms with E-state index in [-0.39, 0.29) is 11.3 Å². The van der Waals surface area contributed by atoms with Crippen LogP contribution in [0.5, 0.6) is 0 Å². The van der Waals surface area contributed by atoms with Crippen molar-refractivity contribution in [1.29, 1.82) is 0 Å². The van der Waals surface area contributed by atoms with Crippen LogP contribution >= 0.6 is 11.3 Å². The Morgan fingerprint density at radius 2 is 2.00 bits per heavy atom. The number of aryl methyl sites for hydroxylation is 1. The molecule has 9 heteroatoms. The van der Waals surface area contributed by atoms with Gasteiger partial charge < -0.3 is 10.1 Å². The molecule has 0 fully saturated rings. The van der Waals surface area contributed by atoms with Crippen LogP contribution in [0.3, 0.4) is 0 Å². The maximum Gasteiger partial charge on any atom is 0.338 e. The lowest BCUT2D eigenvalue weighted by Crippen LogP contribution is -2.24. The van der Waals surface area contributed by atoms with Crippen LogP contribution in [0.25, 0.3) is 11.3 Å². The van der Waals surface area contributed by atoms with E-state index in [1.165, 1.54) is 23.5 Å². The van der Waals surface area contributed by atoms with E-state index in [0.717, 1.165) is 4.88 Å². The smallest absolute Gasteiger partial charge is 0.338 e. The summed E-state index contributed by atoms with van der Waals surface area (Å²) in [7, 11) is 0. The van der Waals surface area contributed by atoms with Crippen LogP contribution in [0, 0.1) is 17.0 Å². The number of nitro groups is 1. The average Bonchev–Trinajstić information content (AvgIpc) is 3.05. The second-order valence-electron chi connectivity index (χ2n) is 7.34. The number of benzene rings is 1. The number of rotatable bonds is 5. The Balaban J connectivity index is 2.05. The number of anilines is 2. The van der Waals surface area contributed by atoms with E-state index in [4.69, 9.17) is 4.74 Å². The minimum atomic E-state index is -0.661. The molecular weight excluding hydrogens is 392 g/mol. The predicted molar refractivity (Wildman–Crippen MR) is 112 cm³/mol. The number of carbonyl (C=O) groups excluding carboxylic acids is 1. The maximum atomic E-state index is 12.6. The number of esters is 1. The number of ether oxygens (including phenoxy) is 1. The van der Waals surface area contributed by atoms with Crippen molar-refractivity contribution in [2.24, 2.45) is 0 Å². The van der Waals surface area contributed by atoms with Crippen molar-refractivity contribution in [3.8, 4) is 11.3 Å². The van der Waals surface area contributed by atoms with Crippen molar-refractivity contribution in [3.63, 3.8) is 0 Å². The first-order chi connectivity index (χ1) is 13.6. The minimum Gasteiger partial charge on any atom is -0.456 e. The molecule has 0 spiro atoms. The van der Waals surface area contributed by atoms with Gasteiger partial charge in [0.2, 0.25) is 0 Å². The van der Waals surface area contributed by atoms with Gasteiger partial charge in [0, 0.05) is 28.8 Å². The van der Waals surface area contributed by atoms with Gasteiger partial charge in [0.05, 0.1) is 16.2 Å². The third-order valence-electron chi connectivity index (χ3n) is 3.67. The summed E-state index contributed by atoms with van der Waals surface area (Å²) in [6.45, 7) is 7.28. The molecule has 2 aromatic heterocycles. The van der Waals surface area contributed by atoms with E-state index < -0.39 is 16.5 Å². The summed E-state index contributed by atoms with van der Waals surface area (Å²) in [4.78, 5) is 33.1. The van der Waals surface area contributed by atoms with Crippen LogP contribution in [0.1, 0.15) is 36.0 Å². The van der Waals surface area contributed by atoms with Crippen LogP contribution in [-0.2, 0) is 4.74 Å². The fourth-order valence-electron chi connectivity index (χ4n) is 2.50. The fraction of sp³-hybridized carbons (Fsp3) is 0.250. The Kier molecular flexibility index (Phi) is 5.60. The molecule has 0 bridgehead atoms. The molecule has 0 radical (unpaired) electrons. The zero-order valence-electron chi connectivity index (χ0n) is 16.4. The molecule has 0 atom stereocenters. The number of non-ortho nitro benzene ring substituents is 1. The van der Waals surface area contributed by atoms with Gasteiger partial charge in [0.25, 0.3) is 5.69 Å². The van der Waals surface area contributed by atoms with Crippen molar-refractivity contribution >= 4 is 33.9 Å². The van der Waals surface area contributed by atoms with Crippen LogP contribution in [0.15, 0.2) is 42.6 Å². The summed E-state index contributed by atoms with van der Waals surface area (Å²) in [5.41, 5.74) is 0.492. The average molecular weight is 412 g/mol. The second kappa shape index (κ2) is 7.96. The minimum absolute atomic E-state index is 0.0583. The summed E-state index contributed by atoms with van der Waals surface area (Å²) < 4.78 is 5.47. The van der Waals surface area contributed by atoms with E-state index in [2.05, 4.69) is 15.3 Å². The zero-order valence-corrected chi connectivity index (χ0v) is 17.2. The number of nitrogens with one attached hydrogen (secondary N) is 1. The number of hydrogen-bond donors (Lipinski definition) is 1. The molecule has 29 heavy (non-hydrogen) atoms. The number of nitro benzene ring substituents is 1. The highest BCUT2D eigenvalue weighted by Gasteiger charge is 2.20. The fourth-order valence-corrected chi connectivity index (χ4v) is 3.17. The molecule has 150 valence electrons. The van der Waals surface area contributed by atoms with Crippen molar-refractivity contribution in [3.05, 3.63) is 63.1 Å². The van der Waals surface area contributed by atoms with Crippen LogP contribution < -0.4 is 5.32 Å². The third-order valence-corrected chi connectivity index (χ3v) is 4.50. The topological polar surface area (TPSA) is 107 Å². The number of pyridine rings is 1. The summed E-state index contributed by atoms with van der Waals surface area (Å²) in [5, 5.41) is 14.8. The van der Waals surface area contributed by atoms with Gasteiger partial charge in [-0.2, -0.15) is 0 Å². The van der Waals surface area contributed by atoms with E-state index in [1.807, 2.05) is 6.92 Å². The molecule has 2 heterocycles. The Hall–Kier alpha value is -3.33.